The number of anilines is 2. The topological polar surface area (TPSA) is 55.1 Å². The summed E-state index contributed by atoms with van der Waals surface area (Å²) in [6.07, 6.45) is 0.350. The minimum atomic E-state index is -0.467. The van der Waals surface area contributed by atoms with E-state index in [1.54, 1.807) is 6.07 Å². The normalized spacial score (nSPS) is 18.2. The number of benzene rings is 1. The van der Waals surface area contributed by atoms with Crippen LogP contribution in [0.5, 0.6) is 0 Å². The van der Waals surface area contributed by atoms with E-state index in [-0.39, 0.29) is 17.0 Å². The molecule has 2 rings (SSSR count). The van der Waals surface area contributed by atoms with Gasteiger partial charge in [-0.05, 0) is 17.7 Å². The Morgan fingerprint density at radius 3 is 2.80 bits per heavy atom. The van der Waals surface area contributed by atoms with Crippen molar-refractivity contribution in [1.29, 1.82) is 0 Å². The maximum Gasteiger partial charge on any atom is 0.225 e. The number of nitrogen functional groups attached to an aromatic ring is 1. The molecule has 0 spiro atoms. The lowest BCUT2D eigenvalue weighted by atomic mass is 9.78. The predicted octanol–water partition coefficient (Wildman–Crippen LogP) is 2.03. The van der Waals surface area contributed by atoms with Crippen molar-refractivity contribution in [1.82, 2.24) is 0 Å². The highest BCUT2D eigenvalue weighted by atomic mass is 19.1. The fourth-order valence-corrected chi connectivity index (χ4v) is 1.97. The summed E-state index contributed by atoms with van der Waals surface area (Å²) in [6.45, 7) is 3.81. The van der Waals surface area contributed by atoms with Gasteiger partial charge in [-0.15, -0.1) is 0 Å². The molecule has 1 aliphatic heterocycles. The lowest BCUT2D eigenvalue weighted by molar-refractivity contribution is -0.117. The molecule has 0 bridgehead atoms. The van der Waals surface area contributed by atoms with Crippen molar-refractivity contribution < 1.29 is 9.18 Å². The molecule has 1 aromatic rings. The molecule has 0 fully saturated rings. The Hall–Kier alpha value is -1.58. The van der Waals surface area contributed by atoms with Crippen LogP contribution in [-0.2, 0) is 10.2 Å². The van der Waals surface area contributed by atoms with Gasteiger partial charge in [-0.2, -0.15) is 0 Å². The number of carbonyl (C=O) groups excluding carboxylic acids is 1. The SMILES string of the molecule is CC1(C)CC(=O)Nc2c(F)cc(N)cc21. The lowest BCUT2D eigenvalue weighted by Crippen LogP contribution is -2.33. The van der Waals surface area contributed by atoms with Gasteiger partial charge in [-0.25, -0.2) is 4.39 Å². The molecule has 0 atom stereocenters. The summed E-state index contributed by atoms with van der Waals surface area (Å²) >= 11 is 0. The van der Waals surface area contributed by atoms with Gasteiger partial charge in [0.15, 0.2) is 0 Å². The molecule has 0 saturated carbocycles. The van der Waals surface area contributed by atoms with Crippen molar-refractivity contribution in [2.45, 2.75) is 25.7 Å². The summed E-state index contributed by atoms with van der Waals surface area (Å²) in [5, 5.41) is 2.54. The molecule has 1 aromatic carbocycles. The van der Waals surface area contributed by atoms with Crippen molar-refractivity contribution in [3.8, 4) is 0 Å². The minimum Gasteiger partial charge on any atom is -0.399 e. The third-order valence-electron chi connectivity index (χ3n) is 2.71. The number of fused-ring (bicyclic) bond motifs is 1. The van der Waals surface area contributed by atoms with Crippen molar-refractivity contribution in [2.24, 2.45) is 0 Å². The molecular weight excluding hydrogens is 195 g/mol. The Morgan fingerprint density at radius 2 is 2.13 bits per heavy atom. The first-order valence-corrected chi connectivity index (χ1v) is 4.79. The van der Waals surface area contributed by atoms with Gasteiger partial charge >= 0.3 is 0 Å². The van der Waals surface area contributed by atoms with Crippen LogP contribution in [0.4, 0.5) is 15.8 Å². The van der Waals surface area contributed by atoms with Crippen LogP contribution >= 0.6 is 0 Å². The van der Waals surface area contributed by atoms with Gasteiger partial charge < -0.3 is 11.1 Å². The van der Waals surface area contributed by atoms with Gasteiger partial charge in [0.05, 0.1) is 5.69 Å². The van der Waals surface area contributed by atoms with Gasteiger partial charge in [0.25, 0.3) is 0 Å². The standard InChI is InChI=1S/C11H13FN2O/c1-11(2)5-9(15)14-10-7(11)3-6(13)4-8(10)12/h3-4H,5,13H2,1-2H3,(H,14,15). The molecule has 1 heterocycles. The molecule has 4 heteroatoms. The first-order valence-electron chi connectivity index (χ1n) is 4.79. The Bertz CT molecular complexity index is 440. The molecule has 3 nitrogen and oxygen atoms in total. The number of hydrogen-bond acceptors (Lipinski definition) is 2. The second kappa shape index (κ2) is 2.95. The Balaban J connectivity index is 2.67. The van der Waals surface area contributed by atoms with E-state index in [1.807, 2.05) is 13.8 Å². The van der Waals surface area contributed by atoms with E-state index in [0.29, 0.717) is 12.1 Å². The fourth-order valence-electron chi connectivity index (χ4n) is 1.97. The van der Waals surface area contributed by atoms with E-state index < -0.39 is 5.82 Å². The summed E-state index contributed by atoms with van der Waals surface area (Å²) in [5.41, 5.74) is 6.64. The van der Waals surface area contributed by atoms with Crippen molar-refractivity contribution in [3.63, 3.8) is 0 Å². The first-order chi connectivity index (χ1) is 6.90. The van der Waals surface area contributed by atoms with Crippen LogP contribution in [0.2, 0.25) is 0 Å². The summed E-state index contributed by atoms with van der Waals surface area (Å²) in [4.78, 5) is 11.4. The Labute approximate surface area is 87.5 Å². The summed E-state index contributed by atoms with van der Waals surface area (Å²) in [6, 6.07) is 2.94. The Kier molecular flexibility index (Phi) is 1.96. The van der Waals surface area contributed by atoms with Crippen LogP contribution < -0.4 is 11.1 Å². The summed E-state index contributed by atoms with van der Waals surface area (Å²) in [5.74, 6) is -0.623. The molecule has 1 aliphatic rings. The minimum absolute atomic E-state index is 0.156. The smallest absolute Gasteiger partial charge is 0.225 e. The quantitative estimate of drug-likeness (QED) is 0.641. The van der Waals surface area contributed by atoms with Gasteiger partial charge in [0.1, 0.15) is 5.82 Å². The number of nitrogens with two attached hydrogens (primary N) is 1. The van der Waals surface area contributed by atoms with Gasteiger partial charge in [-0.3, -0.25) is 4.79 Å². The van der Waals surface area contributed by atoms with E-state index in [9.17, 15) is 9.18 Å². The van der Waals surface area contributed by atoms with E-state index in [0.717, 1.165) is 5.56 Å². The maximum absolute atomic E-state index is 13.6. The van der Waals surface area contributed by atoms with Gasteiger partial charge in [0.2, 0.25) is 5.91 Å². The third kappa shape index (κ3) is 1.56. The van der Waals surface area contributed by atoms with E-state index in [4.69, 9.17) is 5.73 Å². The molecule has 0 radical (unpaired) electrons. The monoisotopic (exact) mass is 208 g/mol. The zero-order valence-corrected chi connectivity index (χ0v) is 8.73. The molecule has 0 aliphatic carbocycles. The van der Waals surface area contributed by atoms with Gasteiger partial charge in [-0.1, -0.05) is 13.8 Å². The van der Waals surface area contributed by atoms with E-state index in [1.165, 1.54) is 6.07 Å². The highest BCUT2D eigenvalue weighted by Crippen LogP contribution is 2.39. The molecule has 0 aromatic heterocycles. The van der Waals surface area contributed by atoms with Crippen molar-refractivity contribution >= 4 is 17.3 Å². The number of carbonyl (C=O) groups is 1. The second-order valence-electron chi connectivity index (χ2n) is 4.53. The molecular formula is C11H13FN2O. The molecule has 0 saturated heterocycles. The highest BCUT2D eigenvalue weighted by Gasteiger charge is 2.33. The zero-order valence-electron chi connectivity index (χ0n) is 8.73. The maximum atomic E-state index is 13.6. The molecule has 15 heavy (non-hydrogen) atoms. The van der Waals surface area contributed by atoms with Crippen molar-refractivity contribution in [3.05, 3.63) is 23.5 Å². The fraction of sp³-hybridized carbons (Fsp3) is 0.364. The second-order valence-corrected chi connectivity index (χ2v) is 4.53. The number of amides is 1. The summed E-state index contributed by atoms with van der Waals surface area (Å²) in [7, 11) is 0. The van der Waals surface area contributed by atoms with Crippen LogP contribution in [0.1, 0.15) is 25.8 Å². The van der Waals surface area contributed by atoms with Crippen LogP contribution in [0, 0.1) is 5.82 Å². The number of halogens is 1. The summed E-state index contributed by atoms with van der Waals surface area (Å²) < 4.78 is 13.6. The molecule has 80 valence electrons. The van der Waals surface area contributed by atoms with Crippen LogP contribution in [-0.4, -0.2) is 5.91 Å². The van der Waals surface area contributed by atoms with Crippen LogP contribution in [0.15, 0.2) is 12.1 Å². The molecule has 0 unspecified atom stereocenters. The average molecular weight is 208 g/mol. The first kappa shape index (κ1) is 9.96. The zero-order chi connectivity index (χ0) is 11.2. The van der Waals surface area contributed by atoms with E-state index >= 15 is 0 Å². The van der Waals surface area contributed by atoms with Crippen LogP contribution in [0.3, 0.4) is 0 Å². The Morgan fingerprint density at radius 1 is 1.47 bits per heavy atom. The average Bonchev–Trinajstić information content (AvgIpc) is 2.06. The number of nitrogens with one attached hydrogen (secondary N) is 1. The number of hydrogen-bond donors (Lipinski definition) is 2. The third-order valence-corrected chi connectivity index (χ3v) is 2.71. The van der Waals surface area contributed by atoms with Crippen molar-refractivity contribution in [2.75, 3.05) is 11.1 Å². The van der Waals surface area contributed by atoms with Crippen LogP contribution in [0.25, 0.3) is 0 Å². The van der Waals surface area contributed by atoms with E-state index in [2.05, 4.69) is 5.32 Å². The highest BCUT2D eigenvalue weighted by molar-refractivity contribution is 5.96. The van der Waals surface area contributed by atoms with Gasteiger partial charge in [0, 0.05) is 17.5 Å². The number of rotatable bonds is 0. The lowest BCUT2D eigenvalue weighted by Gasteiger charge is -2.32. The molecule has 1 amide bonds. The molecule has 3 N–H and O–H groups in total. The largest absolute Gasteiger partial charge is 0.399 e. The predicted molar refractivity (Wildman–Crippen MR) is 57.1 cm³/mol.